The Hall–Kier alpha value is -1.92. The van der Waals surface area contributed by atoms with Crippen molar-refractivity contribution in [3.8, 4) is 0 Å². The first-order valence-electron chi connectivity index (χ1n) is 7.76. The Morgan fingerprint density at radius 2 is 2.17 bits per heavy atom. The standard InChI is InChI=1S/C17H21N3O2S/c18-10-13-7-8-20(11-13)17(21)19-14-3-5-16(6-4-14)23-12-15-2-1-9-22-15/h1-6,9,13H,7-8,10-12,18H2,(H,19,21)/t13-/m0/s1. The number of rotatable bonds is 5. The molecule has 122 valence electrons. The van der Waals surface area contributed by atoms with Gasteiger partial charge in [0.15, 0.2) is 0 Å². The third kappa shape index (κ3) is 4.30. The Balaban J connectivity index is 1.50. The quantitative estimate of drug-likeness (QED) is 0.824. The van der Waals surface area contributed by atoms with Crippen LogP contribution in [0.5, 0.6) is 0 Å². The molecular formula is C17H21N3O2S. The van der Waals surface area contributed by atoms with Crippen LogP contribution in [0.2, 0.25) is 0 Å². The van der Waals surface area contributed by atoms with Crippen LogP contribution in [-0.4, -0.2) is 30.6 Å². The summed E-state index contributed by atoms with van der Waals surface area (Å²) in [5.74, 6) is 2.18. The lowest BCUT2D eigenvalue weighted by Crippen LogP contribution is -2.33. The van der Waals surface area contributed by atoms with E-state index in [1.54, 1.807) is 18.0 Å². The normalized spacial score (nSPS) is 17.4. The second kappa shape index (κ2) is 7.57. The lowest BCUT2D eigenvalue weighted by Gasteiger charge is -2.17. The Morgan fingerprint density at radius 1 is 1.35 bits per heavy atom. The van der Waals surface area contributed by atoms with Crippen molar-refractivity contribution in [2.75, 3.05) is 25.0 Å². The van der Waals surface area contributed by atoms with Gasteiger partial charge in [0.25, 0.3) is 0 Å². The predicted molar refractivity (Wildman–Crippen MR) is 92.5 cm³/mol. The van der Waals surface area contributed by atoms with E-state index in [4.69, 9.17) is 10.2 Å². The molecule has 2 amide bonds. The zero-order chi connectivity index (χ0) is 16.1. The van der Waals surface area contributed by atoms with Crippen LogP contribution in [0.1, 0.15) is 12.2 Å². The Bertz CT molecular complexity index is 628. The predicted octanol–water partition coefficient (Wildman–Crippen LogP) is 3.38. The van der Waals surface area contributed by atoms with Gasteiger partial charge in [-0.25, -0.2) is 4.79 Å². The highest BCUT2D eigenvalue weighted by molar-refractivity contribution is 7.98. The van der Waals surface area contributed by atoms with Gasteiger partial charge >= 0.3 is 6.03 Å². The van der Waals surface area contributed by atoms with Crippen molar-refractivity contribution in [3.63, 3.8) is 0 Å². The maximum atomic E-state index is 12.2. The van der Waals surface area contributed by atoms with Gasteiger partial charge in [-0.15, -0.1) is 11.8 Å². The average Bonchev–Trinajstić information content (AvgIpc) is 3.25. The number of thioether (sulfide) groups is 1. The lowest BCUT2D eigenvalue weighted by atomic mass is 10.1. The van der Waals surface area contributed by atoms with Crippen LogP contribution in [0.3, 0.4) is 0 Å². The minimum Gasteiger partial charge on any atom is -0.468 e. The number of benzene rings is 1. The molecule has 1 aliphatic rings. The summed E-state index contributed by atoms with van der Waals surface area (Å²) in [6.45, 7) is 2.18. The van der Waals surface area contributed by atoms with E-state index < -0.39 is 0 Å². The zero-order valence-electron chi connectivity index (χ0n) is 12.9. The number of carbonyl (C=O) groups is 1. The fourth-order valence-corrected chi connectivity index (χ4v) is 3.40. The molecule has 0 bridgehead atoms. The van der Waals surface area contributed by atoms with Crippen LogP contribution in [-0.2, 0) is 5.75 Å². The number of nitrogens with one attached hydrogen (secondary N) is 1. The van der Waals surface area contributed by atoms with E-state index in [9.17, 15) is 4.79 Å². The summed E-state index contributed by atoms with van der Waals surface area (Å²) in [6, 6.07) is 11.7. The minimum absolute atomic E-state index is 0.0445. The number of furan rings is 1. The molecule has 0 spiro atoms. The Kier molecular flexibility index (Phi) is 5.25. The highest BCUT2D eigenvalue weighted by Crippen LogP contribution is 2.24. The molecule has 2 heterocycles. The molecule has 3 rings (SSSR count). The monoisotopic (exact) mass is 331 g/mol. The molecule has 0 saturated carbocycles. The summed E-state index contributed by atoms with van der Waals surface area (Å²) in [5.41, 5.74) is 6.48. The van der Waals surface area contributed by atoms with E-state index in [-0.39, 0.29) is 6.03 Å². The fourth-order valence-electron chi connectivity index (χ4n) is 2.60. The topological polar surface area (TPSA) is 71.5 Å². The molecule has 1 atom stereocenters. The smallest absolute Gasteiger partial charge is 0.321 e. The maximum absolute atomic E-state index is 12.2. The second-order valence-electron chi connectivity index (χ2n) is 5.66. The van der Waals surface area contributed by atoms with E-state index in [1.165, 1.54) is 0 Å². The van der Waals surface area contributed by atoms with Crippen LogP contribution in [0.4, 0.5) is 10.5 Å². The number of anilines is 1. The summed E-state index contributed by atoms with van der Waals surface area (Å²) in [7, 11) is 0. The van der Waals surface area contributed by atoms with E-state index in [0.717, 1.165) is 41.6 Å². The molecule has 2 aromatic rings. The number of nitrogens with zero attached hydrogens (tertiary/aromatic N) is 1. The van der Waals surface area contributed by atoms with Crippen LogP contribution in [0.15, 0.2) is 52.0 Å². The average molecular weight is 331 g/mol. The van der Waals surface area contributed by atoms with Gasteiger partial charge in [0, 0.05) is 23.7 Å². The number of likely N-dealkylation sites (tertiary alicyclic amines) is 1. The third-order valence-corrected chi connectivity index (χ3v) is 5.01. The van der Waals surface area contributed by atoms with Crippen molar-refractivity contribution in [2.24, 2.45) is 11.7 Å². The molecule has 3 N–H and O–H groups in total. The highest BCUT2D eigenvalue weighted by atomic mass is 32.2. The summed E-state index contributed by atoms with van der Waals surface area (Å²) in [4.78, 5) is 15.2. The molecule has 5 nitrogen and oxygen atoms in total. The zero-order valence-corrected chi connectivity index (χ0v) is 13.7. The van der Waals surface area contributed by atoms with Crippen LogP contribution in [0, 0.1) is 5.92 Å². The van der Waals surface area contributed by atoms with E-state index >= 15 is 0 Å². The van der Waals surface area contributed by atoms with Gasteiger partial charge in [0.2, 0.25) is 0 Å². The molecular weight excluding hydrogens is 310 g/mol. The SMILES string of the molecule is NC[C@@H]1CCN(C(=O)Nc2ccc(SCc3ccco3)cc2)C1. The molecule has 1 fully saturated rings. The van der Waals surface area contributed by atoms with Gasteiger partial charge in [-0.3, -0.25) is 0 Å². The van der Waals surface area contributed by atoms with Crippen molar-refractivity contribution < 1.29 is 9.21 Å². The van der Waals surface area contributed by atoms with E-state index in [1.807, 2.05) is 41.3 Å². The highest BCUT2D eigenvalue weighted by Gasteiger charge is 2.25. The van der Waals surface area contributed by atoms with Crippen molar-refractivity contribution in [1.82, 2.24) is 4.90 Å². The first-order chi connectivity index (χ1) is 11.2. The summed E-state index contributed by atoms with van der Waals surface area (Å²) < 4.78 is 5.31. The third-order valence-electron chi connectivity index (χ3n) is 3.97. The van der Waals surface area contributed by atoms with Gasteiger partial charge in [-0.2, -0.15) is 0 Å². The molecule has 23 heavy (non-hydrogen) atoms. The van der Waals surface area contributed by atoms with Crippen molar-refractivity contribution in [3.05, 3.63) is 48.4 Å². The van der Waals surface area contributed by atoms with Gasteiger partial charge in [-0.05, 0) is 55.3 Å². The first-order valence-corrected chi connectivity index (χ1v) is 8.74. The number of hydrogen-bond acceptors (Lipinski definition) is 4. The van der Waals surface area contributed by atoms with Crippen molar-refractivity contribution >= 4 is 23.5 Å². The van der Waals surface area contributed by atoms with Crippen LogP contribution < -0.4 is 11.1 Å². The molecule has 1 saturated heterocycles. The van der Waals surface area contributed by atoms with Crippen LogP contribution >= 0.6 is 11.8 Å². The second-order valence-corrected chi connectivity index (χ2v) is 6.71. The number of carbonyl (C=O) groups excluding carboxylic acids is 1. The minimum atomic E-state index is -0.0445. The number of amides is 2. The lowest BCUT2D eigenvalue weighted by molar-refractivity contribution is 0.221. The molecule has 0 radical (unpaired) electrons. The fraction of sp³-hybridized carbons (Fsp3) is 0.353. The van der Waals surface area contributed by atoms with Crippen molar-refractivity contribution in [1.29, 1.82) is 0 Å². The molecule has 6 heteroatoms. The number of hydrogen-bond donors (Lipinski definition) is 2. The van der Waals surface area contributed by atoms with Crippen molar-refractivity contribution in [2.45, 2.75) is 17.1 Å². The summed E-state index contributed by atoms with van der Waals surface area (Å²) in [5, 5.41) is 2.94. The van der Waals surface area contributed by atoms with Gasteiger partial charge < -0.3 is 20.4 Å². The molecule has 1 aromatic carbocycles. The number of nitrogens with two attached hydrogens (primary N) is 1. The Morgan fingerprint density at radius 3 is 2.83 bits per heavy atom. The van der Waals surface area contributed by atoms with E-state index in [0.29, 0.717) is 12.5 Å². The molecule has 0 aliphatic carbocycles. The molecule has 1 aromatic heterocycles. The first kappa shape index (κ1) is 16.0. The summed E-state index contributed by atoms with van der Waals surface area (Å²) in [6.07, 6.45) is 2.67. The summed E-state index contributed by atoms with van der Waals surface area (Å²) >= 11 is 1.70. The largest absolute Gasteiger partial charge is 0.468 e. The maximum Gasteiger partial charge on any atom is 0.321 e. The van der Waals surface area contributed by atoms with Gasteiger partial charge in [0.05, 0.1) is 12.0 Å². The van der Waals surface area contributed by atoms with E-state index in [2.05, 4.69) is 5.32 Å². The van der Waals surface area contributed by atoms with Gasteiger partial charge in [0.1, 0.15) is 5.76 Å². The van der Waals surface area contributed by atoms with Crippen LogP contribution in [0.25, 0.3) is 0 Å². The molecule has 0 unspecified atom stereocenters. The Labute approximate surface area is 140 Å². The molecule has 1 aliphatic heterocycles. The number of urea groups is 1. The van der Waals surface area contributed by atoms with Gasteiger partial charge in [-0.1, -0.05) is 0 Å².